The predicted molar refractivity (Wildman–Crippen MR) is 89.1 cm³/mol. The molecule has 3 rings (SSSR count). The number of amides is 1. The number of hydrogen-bond acceptors (Lipinski definition) is 3. The highest BCUT2D eigenvalue weighted by Gasteiger charge is 2.28. The van der Waals surface area contributed by atoms with E-state index < -0.39 is 0 Å². The Kier molecular flexibility index (Phi) is 4.88. The van der Waals surface area contributed by atoms with Crippen LogP contribution in [0.1, 0.15) is 41.8 Å². The third-order valence-electron chi connectivity index (χ3n) is 4.27. The summed E-state index contributed by atoms with van der Waals surface area (Å²) in [7, 11) is 0. The van der Waals surface area contributed by atoms with Gasteiger partial charge in [-0.15, -0.1) is 11.8 Å². The van der Waals surface area contributed by atoms with E-state index >= 15 is 0 Å². The highest BCUT2D eigenvalue weighted by Crippen LogP contribution is 2.27. The second-order valence-electron chi connectivity index (χ2n) is 5.68. The van der Waals surface area contributed by atoms with Gasteiger partial charge in [0.1, 0.15) is 5.76 Å². The van der Waals surface area contributed by atoms with Gasteiger partial charge in [0, 0.05) is 16.5 Å². The average molecular weight is 315 g/mol. The van der Waals surface area contributed by atoms with Gasteiger partial charge in [0.15, 0.2) is 0 Å². The molecule has 0 spiro atoms. The quantitative estimate of drug-likeness (QED) is 0.757. The summed E-state index contributed by atoms with van der Waals surface area (Å²) in [6.07, 6.45) is 8.30. The third-order valence-corrected chi connectivity index (χ3v) is 5.01. The molecule has 22 heavy (non-hydrogen) atoms. The topological polar surface area (TPSA) is 33.5 Å². The van der Waals surface area contributed by atoms with E-state index in [1.807, 2.05) is 47.6 Å². The summed E-state index contributed by atoms with van der Waals surface area (Å²) in [4.78, 5) is 16.1. The zero-order chi connectivity index (χ0) is 15.4. The van der Waals surface area contributed by atoms with Gasteiger partial charge in [-0.2, -0.15) is 0 Å². The predicted octanol–water partition coefficient (Wildman–Crippen LogP) is 4.59. The summed E-state index contributed by atoms with van der Waals surface area (Å²) < 4.78 is 5.45. The molecule has 0 aliphatic heterocycles. The van der Waals surface area contributed by atoms with Crippen LogP contribution in [0, 0.1) is 0 Å². The van der Waals surface area contributed by atoms with E-state index in [9.17, 15) is 4.79 Å². The van der Waals surface area contributed by atoms with Gasteiger partial charge in [-0.1, -0.05) is 12.8 Å². The minimum absolute atomic E-state index is 0.107. The largest absolute Gasteiger partial charge is 0.467 e. The summed E-state index contributed by atoms with van der Waals surface area (Å²) in [5.74, 6) is 0.955. The highest BCUT2D eigenvalue weighted by molar-refractivity contribution is 7.98. The first-order valence-electron chi connectivity index (χ1n) is 7.75. The Bertz CT molecular complexity index is 601. The van der Waals surface area contributed by atoms with Crippen molar-refractivity contribution in [1.29, 1.82) is 0 Å². The molecule has 0 atom stereocenters. The SMILES string of the molecule is CSc1ccc(C(=O)N(Cc2ccco2)C2CCCC2)cc1. The van der Waals surface area contributed by atoms with E-state index in [1.54, 1.807) is 18.0 Å². The zero-order valence-corrected chi connectivity index (χ0v) is 13.6. The molecule has 4 heteroatoms. The number of benzene rings is 1. The average Bonchev–Trinajstić information content (AvgIpc) is 3.25. The molecule has 1 aromatic heterocycles. The molecule has 2 aromatic rings. The molecule has 116 valence electrons. The fourth-order valence-electron chi connectivity index (χ4n) is 3.05. The Labute approximate surface area is 135 Å². The number of nitrogens with zero attached hydrogens (tertiary/aromatic N) is 1. The van der Waals surface area contributed by atoms with Crippen molar-refractivity contribution in [2.24, 2.45) is 0 Å². The number of thioether (sulfide) groups is 1. The van der Waals surface area contributed by atoms with Crippen LogP contribution in [0.4, 0.5) is 0 Å². The van der Waals surface area contributed by atoms with Crippen molar-refractivity contribution in [1.82, 2.24) is 4.90 Å². The smallest absolute Gasteiger partial charge is 0.254 e. The molecule has 0 radical (unpaired) electrons. The lowest BCUT2D eigenvalue weighted by atomic mass is 10.1. The second kappa shape index (κ2) is 7.05. The Morgan fingerprint density at radius 1 is 1.23 bits per heavy atom. The van der Waals surface area contributed by atoms with Crippen LogP contribution in [0.25, 0.3) is 0 Å². The minimum atomic E-state index is 0.107. The van der Waals surface area contributed by atoms with Crippen LogP contribution in [-0.4, -0.2) is 23.1 Å². The zero-order valence-electron chi connectivity index (χ0n) is 12.8. The molecule has 1 heterocycles. The molecule has 1 fully saturated rings. The first kappa shape index (κ1) is 15.2. The molecule has 3 nitrogen and oxygen atoms in total. The van der Waals surface area contributed by atoms with E-state index in [2.05, 4.69) is 0 Å². The molecular formula is C18H21NO2S. The van der Waals surface area contributed by atoms with Crippen molar-refractivity contribution in [2.45, 2.75) is 43.2 Å². The van der Waals surface area contributed by atoms with Crippen molar-refractivity contribution in [3.8, 4) is 0 Å². The van der Waals surface area contributed by atoms with Gasteiger partial charge >= 0.3 is 0 Å². The lowest BCUT2D eigenvalue weighted by Gasteiger charge is -2.28. The van der Waals surface area contributed by atoms with Gasteiger partial charge in [0.2, 0.25) is 0 Å². The highest BCUT2D eigenvalue weighted by atomic mass is 32.2. The van der Waals surface area contributed by atoms with Gasteiger partial charge in [-0.05, 0) is 55.5 Å². The molecule has 1 amide bonds. The normalized spacial score (nSPS) is 15.1. The number of rotatable bonds is 5. The van der Waals surface area contributed by atoms with Gasteiger partial charge in [0.05, 0.1) is 12.8 Å². The van der Waals surface area contributed by atoms with Gasteiger partial charge < -0.3 is 9.32 Å². The molecule has 0 unspecified atom stereocenters. The van der Waals surface area contributed by atoms with Crippen molar-refractivity contribution in [2.75, 3.05) is 6.26 Å². The Morgan fingerprint density at radius 2 is 1.95 bits per heavy atom. The number of furan rings is 1. The number of hydrogen-bond donors (Lipinski definition) is 0. The maximum atomic E-state index is 12.9. The maximum Gasteiger partial charge on any atom is 0.254 e. The summed E-state index contributed by atoms with van der Waals surface area (Å²) in [6.45, 7) is 0.556. The minimum Gasteiger partial charge on any atom is -0.467 e. The summed E-state index contributed by atoms with van der Waals surface area (Å²) in [5, 5.41) is 0. The molecular weight excluding hydrogens is 294 g/mol. The van der Waals surface area contributed by atoms with Crippen LogP contribution in [0.15, 0.2) is 52.0 Å². The Hall–Kier alpha value is -1.68. The van der Waals surface area contributed by atoms with E-state index in [-0.39, 0.29) is 5.91 Å². The summed E-state index contributed by atoms with van der Waals surface area (Å²) in [6, 6.07) is 12.0. The maximum absolute atomic E-state index is 12.9. The number of carbonyl (C=O) groups is 1. The van der Waals surface area contributed by atoms with Crippen molar-refractivity contribution < 1.29 is 9.21 Å². The summed E-state index contributed by atoms with van der Waals surface area (Å²) in [5.41, 5.74) is 0.760. The van der Waals surface area contributed by atoms with Gasteiger partial charge in [0.25, 0.3) is 5.91 Å². The molecule has 1 aromatic carbocycles. The first-order valence-corrected chi connectivity index (χ1v) is 8.98. The fraction of sp³-hybridized carbons (Fsp3) is 0.389. The van der Waals surface area contributed by atoms with Gasteiger partial charge in [-0.3, -0.25) is 4.79 Å². The Morgan fingerprint density at radius 3 is 2.55 bits per heavy atom. The fourth-order valence-corrected chi connectivity index (χ4v) is 3.46. The molecule has 0 bridgehead atoms. The second-order valence-corrected chi connectivity index (χ2v) is 6.56. The van der Waals surface area contributed by atoms with Crippen LogP contribution < -0.4 is 0 Å². The standard InChI is InChI=1S/C18H21NO2S/c1-22-17-10-8-14(9-11-17)18(20)19(15-5-2-3-6-15)13-16-7-4-12-21-16/h4,7-12,15H,2-3,5-6,13H2,1H3. The molecule has 1 aliphatic rings. The van der Waals surface area contributed by atoms with Crippen LogP contribution >= 0.6 is 11.8 Å². The third kappa shape index (κ3) is 3.38. The monoisotopic (exact) mass is 315 g/mol. The Balaban J connectivity index is 1.81. The molecule has 1 saturated carbocycles. The molecule has 1 aliphatic carbocycles. The van der Waals surface area contributed by atoms with Crippen LogP contribution in [-0.2, 0) is 6.54 Å². The van der Waals surface area contributed by atoms with E-state index in [4.69, 9.17) is 4.42 Å². The van der Waals surface area contributed by atoms with E-state index in [0.29, 0.717) is 12.6 Å². The van der Waals surface area contributed by atoms with E-state index in [1.165, 1.54) is 17.7 Å². The first-order chi connectivity index (χ1) is 10.8. The van der Waals surface area contributed by atoms with Crippen LogP contribution in [0.5, 0.6) is 0 Å². The van der Waals surface area contributed by atoms with Crippen molar-refractivity contribution in [3.05, 3.63) is 54.0 Å². The molecule has 0 saturated heterocycles. The van der Waals surface area contributed by atoms with Crippen LogP contribution in [0.3, 0.4) is 0 Å². The van der Waals surface area contributed by atoms with Crippen LogP contribution in [0.2, 0.25) is 0 Å². The van der Waals surface area contributed by atoms with Gasteiger partial charge in [-0.25, -0.2) is 0 Å². The van der Waals surface area contributed by atoms with Crippen molar-refractivity contribution in [3.63, 3.8) is 0 Å². The molecule has 0 N–H and O–H groups in total. The summed E-state index contributed by atoms with van der Waals surface area (Å²) >= 11 is 1.69. The lowest BCUT2D eigenvalue weighted by molar-refractivity contribution is 0.0649. The number of carbonyl (C=O) groups excluding carboxylic acids is 1. The van der Waals surface area contributed by atoms with Crippen molar-refractivity contribution >= 4 is 17.7 Å². The van der Waals surface area contributed by atoms with E-state index in [0.717, 1.165) is 24.2 Å². The lowest BCUT2D eigenvalue weighted by Crippen LogP contribution is -2.38.